The maximum Gasteiger partial charge on any atom is 0.0506 e. The van der Waals surface area contributed by atoms with Crippen LogP contribution in [0.5, 0.6) is 0 Å². The summed E-state index contributed by atoms with van der Waals surface area (Å²) in [6.45, 7) is 4.98. The Bertz CT molecular complexity index is 833. The summed E-state index contributed by atoms with van der Waals surface area (Å²) in [6, 6.07) is 12.7. The van der Waals surface area contributed by atoms with Crippen LogP contribution in [0.15, 0.2) is 36.4 Å². The third kappa shape index (κ3) is 3.01. The second-order valence-corrected chi connectivity index (χ2v) is 6.54. The molecule has 0 saturated heterocycles. The molecule has 0 aliphatic rings. The van der Waals surface area contributed by atoms with Crippen LogP contribution in [-0.2, 0) is 6.42 Å². The Kier molecular flexibility index (Phi) is 4.74. The molecule has 0 saturated carbocycles. The number of aromatic nitrogens is 1. The van der Waals surface area contributed by atoms with E-state index in [4.69, 9.17) is 17.3 Å². The van der Waals surface area contributed by atoms with Crippen LogP contribution >= 0.6 is 11.6 Å². The topological polar surface area (TPSA) is 41.8 Å². The SMILES string of the molecule is Cc1ccccc1-c1[nH]c2c(C)c(Cl)ccc2c1CCCCN. The van der Waals surface area contributed by atoms with E-state index in [-0.39, 0.29) is 0 Å². The zero-order valence-electron chi connectivity index (χ0n) is 13.7. The fourth-order valence-corrected chi connectivity index (χ4v) is 3.38. The molecule has 0 unspecified atom stereocenters. The Morgan fingerprint density at radius 1 is 1.04 bits per heavy atom. The van der Waals surface area contributed by atoms with Crippen LogP contribution in [0.4, 0.5) is 0 Å². The number of unbranched alkanes of at least 4 members (excludes halogenated alkanes) is 1. The van der Waals surface area contributed by atoms with E-state index in [0.29, 0.717) is 0 Å². The smallest absolute Gasteiger partial charge is 0.0506 e. The van der Waals surface area contributed by atoms with E-state index in [0.717, 1.165) is 41.9 Å². The van der Waals surface area contributed by atoms with Crippen molar-refractivity contribution in [3.8, 4) is 11.3 Å². The number of halogens is 1. The second-order valence-electron chi connectivity index (χ2n) is 6.13. The molecule has 0 bridgehead atoms. The summed E-state index contributed by atoms with van der Waals surface area (Å²) in [7, 11) is 0. The lowest BCUT2D eigenvalue weighted by molar-refractivity contribution is 0.748. The average molecular weight is 327 g/mol. The molecule has 0 fully saturated rings. The van der Waals surface area contributed by atoms with E-state index in [1.54, 1.807) is 0 Å². The van der Waals surface area contributed by atoms with Crippen molar-refractivity contribution in [1.82, 2.24) is 4.98 Å². The number of aromatic amines is 1. The summed E-state index contributed by atoms with van der Waals surface area (Å²) >= 11 is 6.32. The molecule has 3 aromatic rings. The lowest BCUT2D eigenvalue weighted by Crippen LogP contribution is -1.99. The van der Waals surface area contributed by atoms with Gasteiger partial charge in [-0.1, -0.05) is 41.9 Å². The Morgan fingerprint density at radius 2 is 1.83 bits per heavy atom. The predicted octanol–water partition coefficient (Wildman–Crippen LogP) is 5.39. The van der Waals surface area contributed by atoms with Crippen LogP contribution < -0.4 is 5.73 Å². The van der Waals surface area contributed by atoms with Crippen molar-refractivity contribution in [3.05, 3.63) is 58.1 Å². The van der Waals surface area contributed by atoms with Gasteiger partial charge in [-0.25, -0.2) is 0 Å². The highest BCUT2D eigenvalue weighted by Crippen LogP contribution is 2.36. The first kappa shape index (κ1) is 16.1. The minimum absolute atomic E-state index is 0.743. The fourth-order valence-electron chi connectivity index (χ4n) is 3.22. The molecule has 3 heteroatoms. The molecular formula is C20H23ClN2. The van der Waals surface area contributed by atoms with Gasteiger partial charge in [0.15, 0.2) is 0 Å². The highest BCUT2D eigenvalue weighted by molar-refractivity contribution is 6.32. The number of hydrogen-bond acceptors (Lipinski definition) is 1. The van der Waals surface area contributed by atoms with Gasteiger partial charge in [-0.05, 0) is 62.4 Å². The molecule has 1 aromatic heterocycles. The number of nitrogens with two attached hydrogens (primary N) is 1. The summed E-state index contributed by atoms with van der Waals surface area (Å²) in [5.74, 6) is 0. The van der Waals surface area contributed by atoms with E-state index in [9.17, 15) is 0 Å². The van der Waals surface area contributed by atoms with Gasteiger partial charge >= 0.3 is 0 Å². The zero-order chi connectivity index (χ0) is 16.4. The predicted molar refractivity (Wildman–Crippen MR) is 100 cm³/mol. The average Bonchev–Trinajstić information content (AvgIpc) is 2.91. The van der Waals surface area contributed by atoms with Crippen LogP contribution in [0, 0.1) is 13.8 Å². The van der Waals surface area contributed by atoms with E-state index in [1.165, 1.54) is 27.8 Å². The monoisotopic (exact) mass is 326 g/mol. The van der Waals surface area contributed by atoms with E-state index >= 15 is 0 Å². The molecule has 0 aliphatic heterocycles. The molecular weight excluding hydrogens is 304 g/mol. The number of rotatable bonds is 5. The van der Waals surface area contributed by atoms with Gasteiger partial charge in [0.05, 0.1) is 5.52 Å². The molecule has 0 spiro atoms. The minimum Gasteiger partial charge on any atom is -0.354 e. The number of nitrogens with one attached hydrogen (secondary N) is 1. The Morgan fingerprint density at radius 3 is 2.57 bits per heavy atom. The van der Waals surface area contributed by atoms with E-state index in [2.05, 4.69) is 49.2 Å². The number of H-pyrrole nitrogens is 1. The second kappa shape index (κ2) is 6.77. The molecule has 2 nitrogen and oxygen atoms in total. The Labute approximate surface area is 142 Å². The van der Waals surface area contributed by atoms with Gasteiger partial charge in [0.2, 0.25) is 0 Å². The highest BCUT2D eigenvalue weighted by Gasteiger charge is 2.16. The van der Waals surface area contributed by atoms with Crippen LogP contribution in [0.1, 0.15) is 29.5 Å². The van der Waals surface area contributed by atoms with Crippen molar-refractivity contribution in [2.75, 3.05) is 6.54 Å². The lowest BCUT2D eigenvalue weighted by atomic mass is 9.97. The Hall–Kier alpha value is -1.77. The van der Waals surface area contributed by atoms with Gasteiger partial charge in [0, 0.05) is 21.7 Å². The van der Waals surface area contributed by atoms with Crippen LogP contribution in [0.2, 0.25) is 5.02 Å². The van der Waals surface area contributed by atoms with Crippen molar-refractivity contribution in [1.29, 1.82) is 0 Å². The molecule has 0 aliphatic carbocycles. The Balaban J connectivity index is 2.21. The maximum absolute atomic E-state index is 6.32. The van der Waals surface area contributed by atoms with Crippen molar-refractivity contribution in [2.24, 2.45) is 5.73 Å². The molecule has 23 heavy (non-hydrogen) atoms. The zero-order valence-corrected chi connectivity index (χ0v) is 14.5. The summed E-state index contributed by atoms with van der Waals surface area (Å²) in [6.07, 6.45) is 3.18. The van der Waals surface area contributed by atoms with Crippen molar-refractivity contribution < 1.29 is 0 Å². The first-order valence-corrected chi connectivity index (χ1v) is 8.57. The number of fused-ring (bicyclic) bond motifs is 1. The summed E-state index contributed by atoms with van der Waals surface area (Å²) in [5.41, 5.74) is 13.1. The minimum atomic E-state index is 0.743. The fraction of sp³-hybridized carbons (Fsp3) is 0.300. The summed E-state index contributed by atoms with van der Waals surface area (Å²) in [5, 5.41) is 2.09. The van der Waals surface area contributed by atoms with Crippen molar-refractivity contribution in [2.45, 2.75) is 33.1 Å². The van der Waals surface area contributed by atoms with Gasteiger partial charge in [-0.2, -0.15) is 0 Å². The molecule has 3 N–H and O–H groups in total. The molecule has 2 aromatic carbocycles. The summed E-state index contributed by atoms with van der Waals surface area (Å²) in [4.78, 5) is 3.64. The van der Waals surface area contributed by atoms with Gasteiger partial charge in [-0.15, -0.1) is 0 Å². The molecule has 120 valence electrons. The van der Waals surface area contributed by atoms with Crippen molar-refractivity contribution >= 4 is 22.5 Å². The third-order valence-corrected chi connectivity index (χ3v) is 4.98. The largest absolute Gasteiger partial charge is 0.354 e. The number of benzene rings is 2. The summed E-state index contributed by atoms with van der Waals surface area (Å²) < 4.78 is 0. The number of aryl methyl sites for hydroxylation is 3. The quantitative estimate of drug-likeness (QED) is 0.607. The first-order valence-electron chi connectivity index (χ1n) is 8.19. The van der Waals surface area contributed by atoms with Crippen LogP contribution in [0.25, 0.3) is 22.2 Å². The molecule has 3 rings (SSSR count). The van der Waals surface area contributed by atoms with E-state index < -0.39 is 0 Å². The maximum atomic E-state index is 6.32. The van der Waals surface area contributed by atoms with Crippen molar-refractivity contribution in [3.63, 3.8) is 0 Å². The molecule has 0 radical (unpaired) electrons. The van der Waals surface area contributed by atoms with E-state index in [1.807, 2.05) is 6.07 Å². The molecule has 0 amide bonds. The van der Waals surface area contributed by atoms with Crippen LogP contribution in [-0.4, -0.2) is 11.5 Å². The third-order valence-electron chi connectivity index (χ3n) is 4.57. The highest BCUT2D eigenvalue weighted by atomic mass is 35.5. The van der Waals surface area contributed by atoms with Crippen LogP contribution in [0.3, 0.4) is 0 Å². The van der Waals surface area contributed by atoms with Gasteiger partial charge in [0.1, 0.15) is 0 Å². The normalized spacial score (nSPS) is 11.3. The van der Waals surface area contributed by atoms with Gasteiger partial charge < -0.3 is 10.7 Å². The first-order chi connectivity index (χ1) is 11.1. The van der Waals surface area contributed by atoms with Gasteiger partial charge in [-0.3, -0.25) is 0 Å². The number of hydrogen-bond donors (Lipinski definition) is 2. The lowest BCUT2D eigenvalue weighted by Gasteiger charge is -2.08. The molecule has 1 heterocycles. The standard InChI is InChI=1S/C20H23ClN2/c1-13-7-3-4-8-15(13)20-16(9-5-6-12-22)17-10-11-18(21)14(2)19(17)23-20/h3-4,7-8,10-11,23H,5-6,9,12,22H2,1-2H3. The van der Waals surface area contributed by atoms with Gasteiger partial charge in [0.25, 0.3) is 0 Å². The molecule has 0 atom stereocenters.